The molecule has 2 unspecified atom stereocenters. The lowest BCUT2D eigenvalue weighted by atomic mass is 9.93. The molecular formula is C16H24FNO. The number of aliphatic hydroxyl groups excluding tert-OH is 1. The molecule has 1 saturated heterocycles. The maximum atomic E-state index is 13.7. The second kappa shape index (κ2) is 5.59. The van der Waals surface area contributed by atoms with E-state index in [9.17, 15) is 9.50 Å². The van der Waals surface area contributed by atoms with Gasteiger partial charge in [-0.15, -0.1) is 0 Å². The van der Waals surface area contributed by atoms with Gasteiger partial charge in [0.25, 0.3) is 0 Å². The third-order valence-electron chi connectivity index (χ3n) is 4.07. The predicted octanol–water partition coefficient (Wildman–Crippen LogP) is 3.23. The fourth-order valence-electron chi connectivity index (χ4n) is 2.91. The summed E-state index contributed by atoms with van der Waals surface area (Å²) < 4.78 is 13.7. The number of hydrogen-bond acceptors (Lipinski definition) is 2. The lowest BCUT2D eigenvalue weighted by Gasteiger charge is -2.26. The third kappa shape index (κ3) is 3.54. The van der Waals surface area contributed by atoms with Crippen molar-refractivity contribution >= 4 is 0 Å². The van der Waals surface area contributed by atoms with E-state index in [2.05, 4.69) is 18.7 Å². The molecule has 1 fully saturated rings. The van der Waals surface area contributed by atoms with Gasteiger partial charge in [0, 0.05) is 18.7 Å². The van der Waals surface area contributed by atoms with E-state index in [0.29, 0.717) is 11.0 Å². The van der Waals surface area contributed by atoms with Crippen molar-refractivity contribution in [3.05, 3.63) is 35.6 Å². The molecule has 0 radical (unpaired) electrons. The van der Waals surface area contributed by atoms with E-state index in [1.54, 1.807) is 18.2 Å². The van der Waals surface area contributed by atoms with Gasteiger partial charge >= 0.3 is 0 Å². The molecule has 3 heteroatoms. The van der Waals surface area contributed by atoms with Crippen LogP contribution in [0.4, 0.5) is 4.39 Å². The van der Waals surface area contributed by atoms with Crippen molar-refractivity contribution in [1.82, 2.24) is 4.90 Å². The van der Waals surface area contributed by atoms with Crippen LogP contribution < -0.4 is 0 Å². The van der Waals surface area contributed by atoms with E-state index in [1.807, 2.05) is 6.92 Å². The van der Waals surface area contributed by atoms with Crippen molar-refractivity contribution in [3.8, 4) is 0 Å². The second-order valence-corrected chi connectivity index (χ2v) is 6.59. The molecule has 1 heterocycles. The summed E-state index contributed by atoms with van der Waals surface area (Å²) in [6.07, 6.45) is 0.458. The largest absolute Gasteiger partial charge is 0.388 e. The number of nitrogens with zero attached hydrogens (tertiary/aromatic N) is 1. The Morgan fingerprint density at radius 3 is 2.63 bits per heavy atom. The maximum absolute atomic E-state index is 13.7. The number of halogens is 1. The van der Waals surface area contributed by atoms with Crippen LogP contribution in [0.15, 0.2) is 24.3 Å². The van der Waals surface area contributed by atoms with Gasteiger partial charge < -0.3 is 10.0 Å². The Labute approximate surface area is 115 Å². The minimum Gasteiger partial charge on any atom is -0.388 e. The van der Waals surface area contributed by atoms with Crippen LogP contribution in [0.1, 0.15) is 38.9 Å². The fraction of sp³-hybridized carbons (Fsp3) is 0.625. The Hall–Kier alpha value is -0.930. The van der Waals surface area contributed by atoms with Crippen molar-refractivity contribution in [2.75, 3.05) is 19.6 Å². The molecule has 1 aromatic rings. The van der Waals surface area contributed by atoms with E-state index in [-0.39, 0.29) is 11.7 Å². The van der Waals surface area contributed by atoms with Crippen LogP contribution in [0, 0.1) is 17.2 Å². The van der Waals surface area contributed by atoms with Crippen molar-refractivity contribution in [1.29, 1.82) is 0 Å². The predicted molar refractivity (Wildman–Crippen MR) is 75.4 cm³/mol. The molecule has 0 saturated carbocycles. The Kier molecular flexibility index (Phi) is 4.26. The van der Waals surface area contributed by atoms with Crippen LogP contribution in [0.3, 0.4) is 0 Å². The zero-order valence-corrected chi connectivity index (χ0v) is 12.1. The van der Waals surface area contributed by atoms with E-state index >= 15 is 0 Å². The normalized spacial score (nSPS) is 22.4. The molecule has 2 atom stereocenters. The smallest absolute Gasteiger partial charge is 0.129 e. The van der Waals surface area contributed by atoms with Gasteiger partial charge in [-0.3, -0.25) is 0 Å². The average Bonchev–Trinajstić information content (AvgIpc) is 2.68. The Morgan fingerprint density at radius 2 is 2.05 bits per heavy atom. The van der Waals surface area contributed by atoms with Gasteiger partial charge in [0.2, 0.25) is 0 Å². The molecule has 0 bridgehead atoms. The lowest BCUT2D eigenvalue weighted by molar-refractivity contribution is 0.0890. The Bertz CT molecular complexity index is 433. The fourth-order valence-corrected chi connectivity index (χ4v) is 2.91. The van der Waals surface area contributed by atoms with E-state index < -0.39 is 6.10 Å². The Balaban J connectivity index is 1.97. The van der Waals surface area contributed by atoms with Crippen LogP contribution >= 0.6 is 0 Å². The SMILES string of the molecule is CC(CN1CCC(C)(C)C1)C(O)c1ccccc1F. The zero-order valence-electron chi connectivity index (χ0n) is 12.1. The summed E-state index contributed by atoms with van der Waals surface area (Å²) in [5, 5.41) is 10.3. The highest BCUT2D eigenvalue weighted by Crippen LogP contribution is 2.31. The van der Waals surface area contributed by atoms with Crippen LogP contribution in [-0.4, -0.2) is 29.6 Å². The first kappa shape index (κ1) is 14.5. The van der Waals surface area contributed by atoms with Crippen LogP contribution in [0.25, 0.3) is 0 Å². The van der Waals surface area contributed by atoms with Gasteiger partial charge in [-0.1, -0.05) is 39.0 Å². The quantitative estimate of drug-likeness (QED) is 0.903. The summed E-state index contributed by atoms with van der Waals surface area (Å²) in [5.41, 5.74) is 0.774. The topological polar surface area (TPSA) is 23.5 Å². The molecule has 1 N–H and O–H groups in total. The third-order valence-corrected chi connectivity index (χ3v) is 4.07. The van der Waals surface area contributed by atoms with E-state index in [0.717, 1.165) is 19.6 Å². The summed E-state index contributed by atoms with van der Waals surface area (Å²) in [6, 6.07) is 6.50. The highest BCUT2D eigenvalue weighted by atomic mass is 19.1. The van der Waals surface area contributed by atoms with Crippen LogP contribution in [-0.2, 0) is 0 Å². The molecule has 1 aliphatic rings. The van der Waals surface area contributed by atoms with Crippen molar-refractivity contribution < 1.29 is 9.50 Å². The minimum atomic E-state index is -0.732. The summed E-state index contributed by atoms with van der Waals surface area (Å²) in [6.45, 7) is 9.47. The highest BCUT2D eigenvalue weighted by molar-refractivity contribution is 5.20. The summed E-state index contributed by atoms with van der Waals surface area (Å²) in [7, 11) is 0. The number of hydrogen-bond donors (Lipinski definition) is 1. The first-order chi connectivity index (χ1) is 8.89. The van der Waals surface area contributed by atoms with Gasteiger partial charge in [-0.05, 0) is 30.4 Å². The van der Waals surface area contributed by atoms with Crippen LogP contribution in [0.5, 0.6) is 0 Å². The molecule has 0 amide bonds. The first-order valence-electron chi connectivity index (χ1n) is 7.04. The molecule has 1 aromatic carbocycles. The summed E-state index contributed by atoms with van der Waals surface area (Å²) >= 11 is 0. The standard InChI is InChI=1S/C16H24FNO/c1-12(10-18-9-8-16(2,3)11-18)15(19)13-6-4-5-7-14(13)17/h4-7,12,15,19H,8-11H2,1-3H3. The molecule has 2 nitrogen and oxygen atoms in total. The van der Waals surface area contributed by atoms with Crippen molar-refractivity contribution in [2.24, 2.45) is 11.3 Å². The molecule has 0 aliphatic carbocycles. The second-order valence-electron chi connectivity index (χ2n) is 6.59. The minimum absolute atomic E-state index is 0.0331. The molecule has 19 heavy (non-hydrogen) atoms. The van der Waals surface area contributed by atoms with E-state index in [4.69, 9.17) is 0 Å². The van der Waals surface area contributed by atoms with Crippen molar-refractivity contribution in [3.63, 3.8) is 0 Å². The van der Waals surface area contributed by atoms with Gasteiger partial charge in [0.15, 0.2) is 0 Å². The molecule has 0 aromatic heterocycles. The Morgan fingerprint density at radius 1 is 1.37 bits per heavy atom. The van der Waals surface area contributed by atoms with Gasteiger partial charge in [-0.25, -0.2) is 4.39 Å². The number of aliphatic hydroxyl groups is 1. The highest BCUT2D eigenvalue weighted by Gasteiger charge is 2.31. The number of rotatable bonds is 4. The zero-order chi connectivity index (χ0) is 14.0. The van der Waals surface area contributed by atoms with Gasteiger partial charge in [0.05, 0.1) is 6.10 Å². The molecular weight excluding hydrogens is 241 g/mol. The maximum Gasteiger partial charge on any atom is 0.129 e. The molecule has 1 aliphatic heterocycles. The summed E-state index contributed by atoms with van der Waals surface area (Å²) in [5.74, 6) is -0.283. The average molecular weight is 265 g/mol. The molecule has 106 valence electrons. The van der Waals surface area contributed by atoms with Crippen LogP contribution in [0.2, 0.25) is 0 Å². The van der Waals surface area contributed by atoms with Gasteiger partial charge in [-0.2, -0.15) is 0 Å². The molecule has 0 spiro atoms. The number of likely N-dealkylation sites (tertiary alicyclic amines) is 1. The molecule has 2 rings (SSSR count). The van der Waals surface area contributed by atoms with E-state index in [1.165, 1.54) is 12.5 Å². The number of benzene rings is 1. The summed E-state index contributed by atoms with van der Waals surface area (Å²) in [4.78, 5) is 2.37. The lowest BCUT2D eigenvalue weighted by Crippen LogP contribution is -2.30. The van der Waals surface area contributed by atoms with Crippen molar-refractivity contribution in [2.45, 2.75) is 33.3 Å². The first-order valence-corrected chi connectivity index (χ1v) is 7.04. The monoisotopic (exact) mass is 265 g/mol. The van der Waals surface area contributed by atoms with Gasteiger partial charge in [0.1, 0.15) is 5.82 Å².